The Balaban J connectivity index is 1.54. The minimum absolute atomic E-state index is 0.281. The van der Waals surface area contributed by atoms with Gasteiger partial charge < -0.3 is 0 Å². The lowest BCUT2D eigenvalue weighted by Gasteiger charge is -2.14. The van der Waals surface area contributed by atoms with Gasteiger partial charge in [-0.1, -0.05) is 66.5 Å². The normalized spacial score (nSPS) is 15.2. The van der Waals surface area contributed by atoms with Crippen LogP contribution >= 0.6 is 24.0 Å². The second kappa shape index (κ2) is 9.76. The second-order valence-corrected chi connectivity index (χ2v) is 7.48. The summed E-state index contributed by atoms with van der Waals surface area (Å²) >= 11 is 6.32. The van der Waals surface area contributed by atoms with Gasteiger partial charge in [0.05, 0.1) is 10.5 Å². The quantitative estimate of drug-likeness (QED) is 0.435. The molecule has 2 N–H and O–H groups in total. The summed E-state index contributed by atoms with van der Waals surface area (Å²) in [7, 11) is 0. The van der Waals surface area contributed by atoms with Gasteiger partial charge >= 0.3 is 0 Å². The monoisotopic (exact) mass is 424 g/mol. The van der Waals surface area contributed by atoms with Crippen LogP contribution in [0.15, 0.2) is 71.9 Å². The van der Waals surface area contributed by atoms with Crippen LogP contribution in [0.25, 0.3) is 6.08 Å². The molecule has 1 aromatic heterocycles. The summed E-state index contributed by atoms with van der Waals surface area (Å²) in [4.78, 5) is 41.9. The number of carbonyl (C=O) groups excluding carboxylic acids is 3. The van der Waals surface area contributed by atoms with Crippen LogP contribution in [0.5, 0.6) is 0 Å². The van der Waals surface area contributed by atoms with Crippen molar-refractivity contribution >= 4 is 52.1 Å². The summed E-state index contributed by atoms with van der Waals surface area (Å²) in [6.45, 7) is -0.294. The van der Waals surface area contributed by atoms with E-state index in [9.17, 15) is 14.4 Å². The molecule has 2 aromatic rings. The summed E-state index contributed by atoms with van der Waals surface area (Å²) in [5.74, 6) is -1.44. The third-order valence-corrected chi connectivity index (χ3v) is 5.15. The van der Waals surface area contributed by atoms with Gasteiger partial charge in [-0.15, -0.1) is 0 Å². The Morgan fingerprint density at radius 3 is 2.66 bits per heavy atom. The fraction of sp³-hybridized carbons (Fsp3) is 0.0500. The van der Waals surface area contributed by atoms with Crippen molar-refractivity contribution < 1.29 is 14.4 Å². The molecular formula is C20H16N4O3S2. The van der Waals surface area contributed by atoms with Gasteiger partial charge in [-0.25, -0.2) is 0 Å². The van der Waals surface area contributed by atoms with Crippen LogP contribution in [0.4, 0.5) is 0 Å². The van der Waals surface area contributed by atoms with Crippen LogP contribution in [0.1, 0.15) is 15.9 Å². The van der Waals surface area contributed by atoms with Crippen molar-refractivity contribution in [3.05, 3.63) is 83.0 Å². The van der Waals surface area contributed by atoms with E-state index in [1.165, 1.54) is 17.3 Å². The molecule has 0 saturated carbocycles. The van der Waals surface area contributed by atoms with Crippen LogP contribution in [0.2, 0.25) is 0 Å². The first-order valence-corrected chi connectivity index (χ1v) is 9.73. The number of amides is 3. The molecule has 7 nitrogen and oxygen atoms in total. The van der Waals surface area contributed by atoms with Gasteiger partial charge in [-0.3, -0.25) is 35.1 Å². The molecule has 1 saturated heterocycles. The average molecular weight is 425 g/mol. The molecule has 0 radical (unpaired) electrons. The predicted molar refractivity (Wildman–Crippen MR) is 115 cm³/mol. The SMILES string of the molecule is O=C(CN1C(=O)/C(=C/C=C/c2ccccc2)SC1=S)NNC(=O)c1cccnc1. The lowest BCUT2D eigenvalue weighted by molar-refractivity contribution is -0.129. The molecule has 0 spiro atoms. The van der Waals surface area contributed by atoms with Crippen molar-refractivity contribution in [1.82, 2.24) is 20.7 Å². The Morgan fingerprint density at radius 1 is 1.14 bits per heavy atom. The highest BCUT2D eigenvalue weighted by Crippen LogP contribution is 2.30. The highest BCUT2D eigenvalue weighted by Gasteiger charge is 2.33. The van der Waals surface area contributed by atoms with Crippen LogP contribution in [-0.4, -0.2) is 38.5 Å². The molecule has 29 heavy (non-hydrogen) atoms. The van der Waals surface area contributed by atoms with Crippen molar-refractivity contribution in [3.8, 4) is 0 Å². The minimum Gasteiger partial charge on any atom is -0.283 e. The zero-order valence-corrected chi connectivity index (χ0v) is 16.7. The second-order valence-electron chi connectivity index (χ2n) is 5.80. The van der Waals surface area contributed by atoms with E-state index in [2.05, 4.69) is 15.8 Å². The van der Waals surface area contributed by atoms with E-state index in [1.54, 1.807) is 24.3 Å². The Kier molecular flexibility index (Phi) is 6.88. The van der Waals surface area contributed by atoms with Gasteiger partial charge in [-0.2, -0.15) is 0 Å². The molecule has 1 aliphatic heterocycles. The van der Waals surface area contributed by atoms with Crippen molar-refractivity contribution in [2.75, 3.05) is 6.54 Å². The van der Waals surface area contributed by atoms with Gasteiger partial charge in [0.25, 0.3) is 17.7 Å². The predicted octanol–water partition coefficient (Wildman–Crippen LogP) is 2.30. The number of rotatable bonds is 5. The van der Waals surface area contributed by atoms with Gasteiger partial charge in [-0.05, 0) is 23.8 Å². The topological polar surface area (TPSA) is 91.4 Å². The van der Waals surface area contributed by atoms with Crippen molar-refractivity contribution in [2.24, 2.45) is 0 Å². The number of nitrogens with one attached hydrogen (secondary N) is 2. The highest BCUT2D eigenvalue weighted by molar-refractivity contribution is 8.26. The number of thiocarbonyl (C=S) groups is 1. The van der Waals surface area contributed by atoms with Crippen LogP contribution in [0.3, 0.4) is 0 Å². The van der Waals surface area contributed by atoms with Gasteiger partial charge in [0.1, 0.15) is 10.9 Å². The number of hydrazine groups is 1. The molecule has 0 bridgehead atoms. The van der Waals surface area contributed by atoms with Crippen LogP contribution < -0.4 is 10.9 Å². The number of benzene rings is 1. The van der Waals surface area contributed by atoms with Crippen LogP contribution in [-0.2, 0) is 9.59 Å². The van der Waals surface area contributed by atoms with E-state index in [0.29, 0.717) is 10.5 Å². The van der Waals surface area contributed by atoms with Crippen molar-refractivity contribution in [1.29, 1.82) is 0 Å². The first-order chi connectivity index (χ1) is 14.0. The summed E-state index contributed by atoms with van der Waals surface area (Å²) in [5, 5.41) is 0. The first-order valence-electron chi connectivity index (χ1n) is 8.51. The van der Waals surface area contributed by atoms with E-state index in [1.807, 2.05) is 36.4 Å². The van der Waals surface area contributed by atoms with E-state index >= 15 is 0 Å². The number of hydrogen-bond donors (Lipinski definition) is 2. The zero-order chi connectivity index (χ0) is 20.6. The van der Waals surface area contributed by atoms with Gasteiger partial charge in [0.15, 0.2) is 0 Å². The standard InChI is InChI=1S/C20H16N4O3S2/c25-17(22-23-18(26)15-9-5-11-21-12-15)13-24-19(27)16(29-20(24)28)10-4-8-14-6-2-1-3-7-14/h1-12H,13H2,(H,22,25)(H,23,26)/b8-4+,16-10-. The molecule has 9 heteroatoms. The van der Waals surface area contributed by atoms with Gasteiger partial charge in [0.2, 0.25) is 0 Å². The highest BCUT2D eigenvalue weighted by atomic mass is 32.2. The molecule has 3 rings (SSSR count). The third-order valence-electron chi connectivity index (χ3n) is 3.75. The summed E-state index contributed by atoms with van der Waals surface area (Å²) in [6, 6.07) is 12.8. The maximum absolute atomic E-state index is 12.5. The first kappa shape index (κ1) is 20.4. The maximum Gasteiger partial charge on any atom is 0.271 e. The summed E-state index contributed by atoms with van der Waals surface area (Å²) < 4.78 is 0.281. The molecule has 3 amide bonds. The number of hydrogen-bond acceptors (Lipinski definition) is 6. The molecular weight excluding hydrogens is 408 g/mol. The van der Waals surface area contributed by atoms with Crippen molar-refractivity contribution in [2.45, 2.75) is 0 Å². The fourth-order valence-electron chi connectivity index (χ4n) is 2.34. The maximum atomic E-state index is 12.5. The molecule has 0 aliphatic carbocycles. The Bertz CT molecular complexity index is 991. The van der Waals surface area contributed by atoms with E-state index in [4.69, 9.17) is 12.2 Å². The number of allylic oxidation sites excluding steroid dienone is 2. The number of carbonyl (C=O) groups is 3. The Hall–Kier alpha value is -3.30. The molecule has 2 heterocycles. The zero-order valence-electron chi connectivity index (χ0n) is 15.1. The van der Waals surface area contributed by atoms with Gasteiger partial charge in [0, 0.05) is 12.4 Å². The van der Waals surface area contributed by atoms with E-state index in [0.717, 1.165) is 17.3 Å². The smallest absolute Gasteiger partial charge is 0.271 e. The number of thioether (sulfide) groups is 1. The van der Waals surface area contributed by atoms with Crippen molar-refractivity contribution in [3.63, 3.8) is 0 Å². The fourth-order valence-corrected chi connectivity index (χ4v) is 3.55. The number of nitrogens with zero attached hydrogens (tertiary/aromatic N) is 2. The lowest BCUT2D eigenvalue weighted by atomic mass is 10.2. The Labute approximate surface area is 176 Å². The molecule has 146 valence electrons. The van der Waals surface area contributed by atoms with E-state index < -0.39 is 11.8 Å². The number of pyridine rings is 1. The summed E-state index contributed by atoms with van der Waals surface area (Å²) in [6.07, 6.45) is 8.20. The van der Waals surface area contributed by atoms with Crippen LogP contribution in [0, 0.1) is 0 Å². The molecule has 0 unspecified atom stereocenters. The largest absolute Gasteiger partial charge is 0.283 e. The number of aromatic nitrogens is 1. The molecule has 1 fully saturated rings. The lowest BCUT2D eigenvalue weighted by Crippen LogP contribution is -2.47. The summed E-state index contributed by atoms with van der Waals surface area (Å²) in [5.41, 5.74) is 5.84. The molecule has 1 aromatic carbocycles. The minimum atomic E-state index is -0.570. The Morgan fingerprint density at radius 2 is 1.93 bits per heavy atom. The third kappa shape index (κ3) is 5.59. The molecule has 1 aliphatic rings. The average Bonchev–Trinajstić information content (AvgIpc) is 3.01. The molecule has 0 atom stereocenters. The van der Waals surface area contributed by atoms with E-state index in [-0.39, 0.29) is 16.8 Å².